The zero-order chi connectivity index (χ0) is 13.5. The van der Waals surface area contributed by atoms with Crippen molar-refractivity contribution in [3.8, 4) is 0 Å². The number of rotatable bonds is 8. The standard InChI is InChI=1S/C11H23F3N2S/c1-4-9(15)10(11(12,13)14)17-8-7-16(5-2)6-3/h9-10H,4-8,15H2,1-3H3. The molecular weight excluding hydrogens is 249 g/mol. The van der Waals surface area contributed by atoms with E-state index in [1.165, 1.54) is 0 Å². The topological polar surface area (TPSA) is 29.3 Å². The van der Waals surface area contributed by atoms with E-state index in [9.17, 15) is 13.2 Å². The highest BCUT2D eigenvalue weighted by Crippen LogP contribution is 2.33. The maximum atomic E-state index is 12.7. The molecule has 0 spiro atoms. The fraction of sp³-hybridized carbons (Fsp3) is 1.00. The van der Waals surface area contributed by atoms with Crippen molar-refractivity contribution < 1.29 is 13.2 Å². The second-order valence-corrected chi connectivity index (χ2v) is 5.18. The second kappa shape index (κ2) is 8.21. The van der Waals surface area contributed by atoms with Gasteiger partial charge in [0, 0.05) is 18.3 Å². The molecule has 0 radical (unpaired) electrons. The number of nitrogens with two attached hydrogens (primary N) is 1. The van der Waals surface area contributed by atoms with E-state index in [0.717, 1.165) is 24.9 Å². The van der Waals surface area contributed by atoms with Crippen LogP contribution in [0.2, 0.25) is 0 Å². The Labute approximate surface area is 106 Å². The van der Waals surface area contributed by atoms with Gasteiger partial charge in [0.05, 0.1) is 0 Å². The molecule has 6 heteroatoms. The summed E-state index contributed by atoms with van der Waals surface area (Å²) in [5, 5.41) is -1.44. The van der Waals surface area contributed by atoms with Crippen molar-refractivity contribution in [2.24, 2.45) is 5.73 Å². The molecule has 2 unspecified atom stereocenters. The molecule has 0 aromatic heterocycles. The van der Waals surface area contributed by atoms with E-state index in [1.54, 1.807) is 6.92 Å². The Morgan fingerprint density at radius 1 is 1.18 bits per heavy atom. The van der Waals surface area contributed by atoms with Crippen molar-refractivity contribution in [3.05, 3.63) is 0 Å². The van der Waals surface area contributed by atoms with Crippen molar-refractivity contribution in [1.29, 1.82) is 0 Å². The second-order valence-electron chi connectivity index (χ2n) is 3.93. The normalized spacial score (nSPS) is 16.2. The lowest BCUT2D eigenvalue weighted by atomic mass is 10.1. The van der Waals surface area contributed by atoms with Crippen LogP contribution in [0.1, 0.15) is 27.2 Å². The molecular formula is C11H23F3N2S. The Bertz CT molecular complexity index is 196. The lowest BCUT2D eigenvalue weighted by molar-refractivity contribution is -0.132. The van der Waals surface area contributed by atoms with Crippen LogP contribution in [0, 0.1) is 0 Å². The molecule has 0 aliphatic rings. The average Bonchev–Trinajstić information content (AvgIpc) is 2.27. The van der Waals surface area contributed by atoms with Crippen molar-refractivity contribution >= 4 is 11.8 Å². The molecule has 17 heavy (non-hydrogen) atoms. The maximum Gasteiger partial charge on any atom is 0.402 e. The van der Waals surface area contributed by atoms with E-state index < -0.39 is 17.5 Å². The third kappa shape index (κ3) is 6.52. The first-order chi connectivity index (χ1) is 7.86. The summed E-state index contributed by atoms with van der Waals surface area (Å²) in [7, 11) is 0. The van der Waals surface area contributed by atoms with Crippen molar-refractivity contribution in [2.45, 2.75) is 44.7 Å². The quantitative estimate of drug-likeness (QED) is 0.736. The number of hydrogen-bond acceptors (Lipinski definition) is 3. The summed E-state index contributed by atoms with van der Waals surface area (Å²) in [5.74, 6) is 0.472. The number of hydrogen-bond donors (Lipinski definition) is 1. The molecule has 0 aliphatic carbocycles. The van der Waals surface area contributed by atoms with Gasteiger partial charge in [-0.15, -0.1) is 11.8 Å². The third-order valence-electron chi connectivity index (χ3n) is 2.78. The molecule has 0 heterocycles. The highest BCUT2D eigenvalue weighted by atomic mass is 32.2. The van der Waals surface area contributed by atoms with Gasteiger partial charge < -0.3 is 10.6 Å². The number of nitrogens with zero attached hydrogens (tertiary/aromatic N) is 1. The first kappa shape index (κ1) is 17.1. The zero-order valence-electron chi connectivity index (χ0n) is 10.8. The smallest absolute Gasteiger partial charge is 0.326 e. The summed E-state index contributed by atoms with van der Waals surface area (Å²) in [6.45, 7) is 8.12. The zero-order valence-corrected chi connectivity index (χ0v) is 11.6. The van der Waals surface area contributed by atoms with Gasteiger partial charge in [0.25, 0.3) is 0 Å². The lowest BCUT2D eigenvalue weighted by Crippen LogP contribution is -2.43. The molecule has 104 valence electrons. The number of thioether (sulfide) groups is 1. The molecule has 0 bridgehead atoms. The SMILES string of the molecule is CCC(N)C(SCCN(CC)CC)C(F)(F)F. The molecule has 0 saturated carbocycles. The van der Waals surface area contributed by atoms with Gasteiger partial charge in [-0.05, 0) is 19.5 Å². The van der Waals surface area contributed by atoms with E-state index in [1.807, 2.05) is 13.8 Å². The molecule has 2 atom stereocenters. The van der Waals surface area contributed by atoms with E-state index in [4.69, 9.17) is 5.73 Å². The van der Waals surface area contributed by atoms with Crippen molar-refractivity contribution in [2.75, 3.05) is 25.4 Å². The average molecular weight is 272 g/mol. The Hall–Kier alpha value is 0.0600. The summed E-state index contributed by atoms with van der Waals surface area (Å²) in [4.78, 5) is 2.11. The van der Waals surface area contributed by atoms with Gasteiger partial charge in [0.2, 0.25) is 0 Å². The Kier molecular flexibility index (Phi) is 8.24. The van der Waals surface area contributed by atoms with Gasteiger partial charge in [-0.2, -0.15) is 13.2 Å². The summed E-state index contributed by atoms with van der Waals surface area (Å²) in [5.41, 5.74) is 5.53. The molecule has 0 rings (SSSR count). The predicted molar refractivity (Wildman–Crippen MR) is 68.4 cm³/mol. The van der Waals surface area contributed by atoms with Crippen LogP contribution >= 0.6 is 11.8 Å². The van der Waals surface area contributed by atoms with E-state index in [-0.39, 0.29) is 0 Å². The van der Waals surface area contributed by atoms with Crippen LogP contribution in [0.25, 0.3) is 0 Å². The van der Waals surface area contributed by atoms with Gasteiger partial charge in [0.15, 0.2) is 0 Å². The molecule has 2 N–H and O–H groups in total. The van der Waals surface area contributed by atoms with Crippen molar-refractivity contribution in [3.63, 3.8) is 0 Å². The fourth-order valence-electron chi connectivity index (χ4n) is 1.52. The Balaban J connectivity index is 4.18. The third-order valence-corrected chi connectivity index (χ3v) is 4.18. The molecule has 0 aromatic carbocycles. The number of halogens is 3. The van der Waals surface area contributed by atoms with Crippen LogP contribution in [0.3, 0.4) is 0 Å². The molecule has 0 saturated heterocycles. The summed E-state index contributed by atoms with van der Waals surface area (Å²) in [6, 6.07) is -0.809. The van der Waals surface area contributed by atoms with Crippen LogP contribution in [-0.4, -0.2) is 47.8 Å². The van der Waals surface area contributed by atoms with Crippen LogP contribution in [-0.2, 0) is 0 Å². The van der Waals surface area contributed by atoms with Gasteiger partial charge in [-0.25, -0.2) is 0 Å². The lowest BCUT2D eigenvalue weighted by Gasteiger charge is -2.26. The van der Waals surface area contributed by atoms with Crippen LogP contribution in [0.4, 0.5) is 13.2 Å². The highest BCUT2D eigenvalue weighted by molar-refractivity contribution is 8.00. The molecule has 0 amide bonds. The summed E-state index contributed by atoms with van der Waals surface area (Å²) >= 11 is 0.929. The maximum absolute atomic E-state index is 12.7. The predicted octanol–water partition coefficient (Wildman–Crippen LogP) is 2.73. The summed E-state index contributed by atoms with van der Waals surface area (Å²) in [6.07, 6.45) is -3.86. The van der Waals surface area contributed by atoms with Gasteiger partial charge in [-0.3, -0.25) is 0 Å². The minimum absolute atomic E-state index is 0.350. The highest BCUT2D eigenvalue weighted by Gasteiger charge is 2.43. The largest absolute Gasteiger partial charge is 0.402 e. The number of alkyl halides is 3. The Morgan fingerprint density at radius 2 is 1.71 bits per heavy atom. The van der Waals surface area contributed by atoms with Crippen molar-refractivity contribution in [1.82, 2.24) is 4.90 Å². The molecule has 0 aliphatic heterocycles. The fourth-order valence-corrected chi connectivity index (χ4v) is 2.77. The van der Waals surface area contributed by atoms with Crippen LogP contribution < -0.4 is 5.73 Å². The first-order valence-electron chi connectivity index (χ1n) is 6.02. The van der Waals surface area contributed by atoms with Gasteiger partial charge in [-0.1, -0.05) is 20.8 Å². The minimum atomic E-state index is -4.21. The van der Waals surface area contributed by atoms with Gasteiger partial charge >= 0.3 is 6.18 Å². The van der Waals surface area contributed by atoms with E-state index in [2.05, 4.69) is 4.90 Å². The van der Waals surface area contributed by atoms with Crippen LogP contribution in [0.15, 0.2) is 0 Å². The van der Waals surface area contributed by atoms with E-state index >= 15 is 0 Å². The molecule has 0 aromatic rings. The minimum Gasteiger partial charge on any atom is -0.326 e. The first-order valence-corrected chi connectivity index (χ1v) is 7.07. The van der Waals surface area contributed by atoms with Crippen LogP contribution in [0.5, 0.6) is 0 Å². The van der Waals surface area contributed by atoms with Gasteiger partial charge in [0.1, 0.15) is 5.25 Å². The summed E-state index contributed by atoms with van der Waals surface area (Å²) < 4.78 is 38.2. The monoisotopic (exact) mass is 272 g/mol. The molecule has 2 nitrogen and oxygen atoms in total. The Morgan fingerprint density at radius 3 is 2.06 bits per heavy atom. The van der Waals surface area contributed by atoms with E-state index in [0.29, 0.717) is 18.7 Å². The molecule has 0 fully saturated rings.